The molecule has 6 rings (SSSR count). The highest BCUT2D eigenvalue weighted by Gasteiger charge is 2.94. The Hall–Kier alpha value is -3.22. The van der Waals surface area contributed by atoms with Crippen LogP contribution in [-0.2, 0) is 37.7 Å². The summed E-state index contributed by atoms with van der Waals surface area (Å²) in [7, 11) is -27.0. The van der Waals surface area contributed by atoms with E-state index in [9.17, 15) is 82.6 Å². The molecular formula is C20H30N10O21P4. The predicted octanol–water partition coefficient (Wildman–Crippen LogP) is -6.25. The number of nitrogens with one attached hydrogen (secondary N) is 1. The van der Waals surface area contributed by atoms with Crippen LogP contribution < -0.4 is 17.0 Å². The van der Waals surface area contributed by atoms with Crippen molar-refractivity contribution in [3.05, 3.63) is 29.3 Å². The van der Waals surface area contributed by atoms with Gasteiger partial charge in [0.15, 0.2) is 28.9 Å². The van der Waals surface area contributed by atoms with Crippen LogP contribution in [0.2, 0.25) is 0 Å². The van der Waals surface area contributed by atoms with Crippen molar-refractivity contribution in [1.29, 1.82) is 0 Å². The zero-order valence-electron chi connectivity index (χ0n) is 26.7. The molecule has 306 valence electrons. The number of nitrogen functional groups attached to an aromatic ring is 2. The molecule has 4 aromatic heterocycles. The molecule has 0 spiro atoms. The summed E-state index contributed by atoms with van der Waals surface area (Å²) < 4.78 is 65.6. The van der Waals surface area contributed by atoms with Gasteiger partial charge in [0.1, 0.15) is 42.6 Å². The van der Waals surface area contributed by atoms with Crippen LogP contribution in [0.25, 0.3) is 22.3 Å². The first-order valence-electron chi connectivity index (χ1n) is 14.4. The van der Waals surface area contributed by atoms with Crippen LogP contribution >= 0.6 is 30.6 Å². The summed E-state index contributed by atoms with van der Waals surface area (Å²) >= 11 is 0. The topological polar surface area (TPSA) is 518 Å². The van der Waals surface area contributed by atoms with E-state index in [1.54, 1.807) is 0 Å². The fraction of sp³-hybridized carbons (Fsp3) is 0.500. The minimum absolute atomic E-state index is 0.152. The number of hydrogen-bond donors (Lipinski definition) is 16. The van der Waals surface area contributed by atoms with E-state index in [4.69, 9.17) is 26.0 Å². The van der Waals surface area contributed by atoms with Crippen molar-refractivity contribution in [2.45, 2.75) is 46.8 Å². The third kappa shape index (κ3) is 6.46. The summed E-state index contributed by atoms with van der Waals surface area (Å²) in [5, 5.41) is 39.5. The van der Waals surface area contributed by atoms with Gasteiger partial charge in [0.05, 0.1) is 19.5 Å². The molecule has 0 aromatic carbocycles. The molecule has 18 N–H and O–H groups in total. The standard InChI is InChI=1S/C10H17N5O17P4.C10H13N5O4/c11-7-13-5-4(6(17)14-7)12-2-15(5)10(35(25,26)27)9(34(22,23)24,32-36(28,29)30)8(18,33(19,20)21)3(1-16)31-10;11-8-5-9(13-2-12-8)15(3-14-5)10-7(18)6(17)4(1-16)19-10/h2-3,16,18H,1H2,(H2,19,20,21)(H2,22,23,24)(H2,25,26,27)(H2,28,29,30)(H3,11,13,14,17);2-4,6-7,10,16-18H,1H2,(H2,11,12,13)/t3-,8+,9+,10+;4-,6-,7-,10-/m11/s1. The van der Waals surface area contributed by atoms with Crippen LogP contribution in [0.5, 0.6) is 0 Å². The Balaban J connectivity index is 0.000000254. The van der Waals surface area contributed by atoms with E-state index in [2.05, 4.69) is 29.4 Å². The summed E-state index contributed by atoms with van der Waals surface area (Å²) in [5.74, 6) is -0.606. The van der Waals surface area contributed by atoms with Crippen LogP contribution in [0, 0.1) is 0 Å². The van der Waals surface area contributed by atoms with Crippen LogP contribution in [0.15, 0.2) is 23.8 Å². The molecule has 4 aromatic rings. The average molecular weight is 870 g/mol. The van der Waals surface area contributed by atoms with Gasteiger partial charge in [-0.15, -0.1) is 0 Å². The summed E-state index contributed by atoms with van der Waals surface area (Å²) in [6.07, 6.45) is -4.41. The zero-order chi connectivity index (χ0) is 41.5. The fourth-order valence-electron chi connectivity index (χ4n) is 6.06. The summed E-state index contributed by atoms with van der Waals surface area (Å²) in [5.41, 5.74) is 3.94. The van der Waals surface area contributed by atoms with Gasteiger partial charge in [-0.3, -0.25) is 37.1 Å². The minimum atomic E-state index is -7.05. The molecule has 2 fully saturated rings. The third-order valence-electron chi connectivity index (χ3n) is 8.29. The molecule has 0 aliphatic carbocycles. The van der Waals surface area contributed by atoms with E-state index in [0.717, 1.165) is 0 Å². The Kier molecular flexibility index (Phi) is 10.9. The molecule has 2 aliphatic heterocycles. The van der Waals surface area contributed by atoms with Gasteiger partial charge in [-0.2, -0.15) is 4.98 Å². The number of hydrogen-bond acceptors (Lipinski definition) is 20. The van der Waals surface area contributed by atoms with E-state index < -0.39 is 113 Å². The molecule has 6 heterocycles. The first kappa shape index (κ1) is 42.9. The quantitative estimate of drug-likeness (QED) is 0.0696. The molecule has 0 bridgehead atoms. The molecule has 8 atom stereocenters. The van der Waals surface area contributed by atoms with Gasteiger partial charge >= 0.3 is 30.6 Å². The molecule has 0 amide bonds. The lowest BCUT2D eigenvalue weighted by Crippen LogP contribution is -2.64. The number of H-pyrrole nitrogens is 1. The highest BCUT2D eigenvalue weighted by Crippen LogP contribution is 2.85. The number of aliphatic hydroxyl groups excluding tert-OH is 4. The molecule has 0 unspecified atom stereocenters. The Morgan fingerprint density at radius 1 is 0.836 bits per heavy atom. The number of phosphoric ester groups is 1. The molecule has 2 saturated heterocycles. The van der Waals surface area contributed by atoms with E-state index in [1.807, 2.05) is 4.98 Å². The van der Waals surface area contributed by atoms with Gasteiger partial charge in [0, 0.05) is 0 Å². The molecule has 2 aliphatic rings. The number of nitrogens with zero attached hydrogens (tertiary/aromatic N) is 7. The number of phosphoric acid groups is 1. The predicted molar refractivity (Wildman–Crippen MR) is 172 cm³/mol. The number of aromatic nitrogens is 8. The fourth-order valence-corrected chi connectivity index (χ4v) is 12.7. The SMILES string of the molecule is Nc1nc2c(ncn2[C@]2(P(=O)(O)O)O[C@H](CO)[C@](O)(P(=O)(O)O)[C@]2(OP(=O)(O)O)P(=O)(O)O)c(=O)[nH]1.Nc1ncnc2c1ncn2[C@@H]1O[C@H](CO)[C@@H](O)[C@H]1O. The van der Waals surface area contributed by atoms with Crippen molar-refractivity contribution < 1.29 is 96.9 Å². The Morgan fingerprint density at radius 3 is 1.96 bits per heavy atom. The number of rotatable bonds is 9. The zero-order valence-corrected chi connectivity index (χ0v) is 30.3. The average Bonchev–Trinajstić information content (AvgIpc) is 3.79. The van der Waals surface area contributed by atoms with Crippen molar-refractivity contribution in [2.24, 2.45) is 0 Å². The second-order valence-electron chi connectivity index (χ2n) is 11.5. The van der Waals surface area contributed by atoms with Crippen molar-refractivity contribution >= 4 is 64.7 Å². The first-order valence-corrected chi connectivity index (χ1v) is 20.7. The molecule has 55 heavy (non-hydrogen) atoms. The van der Waals surface area contributed by atoms with Crippen LogP contribution in [0.1, 0.15) is 6.23 Å². The lowest BCUT2D eigenvalue weighted by molar-refractivity contribution is -0.117. The molecule has 31 nitrogen and oxygen atoms in total. The number of aromatic amines is 1. The third-order valence-corrected chi connectivity index (χ3v) is 13.8. The highest BCUT2D eigenvalue weighted by molar-refractivity contribution is 7.61. The van der Waals surface area contributed by atoms with Crippen LogP contribution in [0.3, 0.4) is 0 Å². The largest absolute Gasteiger partial charge is 0.471 e. The van der Waals surface area contributed by atoms with Crippen LogP contribution in [-0.4, -0.2) is 152 Å². The van der Waals surface area contributed by atoms with Gasteiger partial charge in [0.2, 0.25) is 11.3 Å². The maximum Gasteiger partial charge on any atom is 0.471 e. The van der Waals surface area contributed by atoms with Crippen molar-refractivity contribution in [1.82, 2.24) is 39.0 Å². The Morgan fingerprint density at radius 2 is 1.45 bits per heavy atom. The Bertz CT molecular complexity index is 2370. The van der Waals surface area contributed by atoms with Gasteiger partial charge in [0.25, 0.3) is 16.4 Å². The number of imidazole rings is 2. The number of ether oxygens (including phenoxy) is 2. The summed E-state index contributed by atoms with van der Waals surface area (Å²) in [4.78, 5) is 113. The lowest BCUT2D eigenvalue weighted by atomic mass is 10.1. The van der Waals surface area contributed by atoms with Crippen molar-refractivity contribution in [3.63, 3.8) is 0 Å². The second kappa shape index (κ2) is 14.0. The van der Waals surface area contributed by atoms with Crippen molar-refractivity contribution in [3.8, 4) is 0 Å². The lowest BCUT2D eigenvalue weighted by Gasteiger charge is -2.47. The summed E-state index contributed by atoms with van der Waals surface area (Å²) in [6, 6.07) is 0. The number of aliphatic hydroxyl groups is 5. The summed E-state index contributed by atoms with van der Waals surface area (Å²) in [6.45, 7) is -2.28. The minimum Gasteiger partial charge on any atom is -0.394 e. The molecular weight excluding hydrogens is 840 g/mol. The monoisotopic (exact) mass is 870 g/mol. The van der Waals surface area contributed by atoms with E-state index >= 15 is 0 Å². The highest BCUT2D eigenvalue weighted by atomic mass is 31.2. The smallest absolute Gasteiger partial charge is 0.394 e. The van der Waals surface area contributed by atoms with E-state index in [0.29, 0.717) is 11.2 Å². The van der Waals surface area contributed by atoms with Crippen LogP contribution in [0.4, 0.5) is 11.8 Å². The maximum absolute atomic E-state index is 12.9. The van der Waals surface area contributed by atoms with Gasteiger partial charge in [-0.1, -0.05) is 0 Å². The molecule has 35 heteroatoms. The number of nitrogens with two attached hydrogens (primary N) is 2. The molecule has 0 saturated carbocycles. The number of anilines is 2. The second-order valence-corrected chi connectivity index (χ2v) is 17.9. The normalized spacial score (nSPS) is 30.5. The van der Waals surface area contributed by atoms with Gasteiger partial charge in [-0.05, 0) is 0 Å². The number of fused-ring (bicyclic) bond motifs is 2. The van der Waals surface area contributed by atoms with E-state index in [1.165, 1.54) is 17.2 Å². The van der Waals surface area contributed by atoms with Gasteiger partial charge < -0.3 is 85.6 Å². The van der Waals surface area contributed by atoms with E-state index in [-0.39, 0.29) is 16.7 Å². The van der Waals surface area contributed by atoms with Crippen molar-refractivity contribution in [2.75, 3.05) is 24.7 Å². The maximum atomic E-state index is 12.9. The first-order chi connectivity index (χ1) is 25.1. The van der Waals surface area contributed by atoms with Gasteiger partial charge in [-0.25, -0.2) is 24.5 Å². The Labute approximate surface area is 301 Å². The molecule has 0 radical (unpaired) electrons.